The smallest absolute Gasteiger partial charge is 0.115 e. The Bertz CT molecular complexity index is 199. The molecule has 4 nitrogen and oxygen atoms in total. The van der Waals surface area contributed by atoms with Crippen LogP contribution in [0.5, 0.6) is 0 Å². The summed E-state index contributed by atoms with van der Waals surface area (Å²) in [6.45, 7) is 0.588. The maximum absolute atomic E-state index is 5.74. The molecule has 0 saturated carbocycles. The van der Waals surface area contributed by atoms with E-state index in [0.717, 1.165) is 12.1 Å². The highest BCUT2D eigenvalue weighted by atomic mass is 14.8. The second-order valence-corrected chi connectivity index (χ2v) is 2.32. The Morgan fingerprint density at radius 3 is 2.91 bits per heavy atom. The highest BCUT2D eigenvalue weighted by Crippen LogP contribution is 2.07. The monoisotopic (exact) mass is 152 g/mol. The van der Waals surface area contributed by atoms with Gasteiger partial charge in [-0.05, 0) is 19.0 Å². The van der Waals surface area contributed by atoms with Gasteiger partial charge in [-0.1, -0.05) is 0 Å². The van der Waals surface area contributed by atoms with Gasteiger partial charge in [0.1, 0.15) is 6.33 Å². The Morgan fingerprint density at radius 1 is 1.55 bits per heavy atom. The first-order chi connectivity index (χ1) is 5.34. The zero-order valence-corrected chi connectivity index (χ0v) is 6.27. The minimum absolute atomic E-state index is 0.0528. The molecule has 0 spiro atoms. The fraction of sp³-hybridized carbons (Fsp3) is 0.429. The van der Waals surface area contributed by atoms with Crippen molar-refractivity contribution in [3.63, 3.8) is 0 Å². The maximum atomic E-state index is 5.74. The highest BCUT2D eigenvalue weighted by molar-refractivity contribution is 5.03. The van der Waals surface area contributed by atoms with Crippen molar-refractivity contribution in [2.75, 3.05) is 6.54 Å². The van der Waals surface area contributed by atoms with Gasteiger partial charge in [0.05, 0.1) is 5.69 Å². The second-order valence-electron chi connectivity index (χ2n) is 2.32. The van der Waals surface area contributed by atoms with Crippen LogP contribution < -0.4 is 11.5 Å². The fourth-order valence-electron chi connectivity index (χ4n) is 0.848. The molecule has 0 aliphatic carbocycles. The van der Waals surface area contributed by atoms with Crippen molar-refractivity contribution in [3.05, 3.63) is 24.3 Å². The van der Waals surface area contributed by atoms with Gasteiger partial charge >= 0.3 is 0 Å². The average molecular weight is 152 g/mol. The third-order valence-electron chi connectivity index (χ3n) is 1.46. The Kier molecular flexibility index (Phi) is 2.95. The Hall–Kier alpha value is -1.00. The minimum Gasteiger partial charge on any atom is -0.330 e. The molecule has 1 rings (SSSR count). The summed E-state index contributed by atoms with van der Waals surface area (Å²) in [4.78, 5) is 7.80. The second kappa shape index (κ2) is 4.00. The van der Waals surface area contributed by atoms with Crippen LogP contribution in [0.25, 0.3) is 0 Å². The van der Waals surface area contributed by atoms with Crippen LogP contribution >= 0.6 is 0 Å². The van der Waals surface area contributed by atoms with E-state index in [1.54, 1.807) is 12.3 Å². The molecule has 0 aromatic carbocycles. The lowest BCUT2D eigenvalue weighted by Gasteiger charge is -2.07. The summed E-state index contributed by atoms with van der Waals surface area (Å²) in [5.74, 6) is 0. The van der Waals surface area contributed by atoms with Crippen molar-refractivity contribution in [2.24, 2.45) is 11.5 Å². The minimum atomic E-state index is -0.0528. The van der Waals surface area contributed by atoms with E-state index < -0.39 is 0 Å². The summed E-state index contributed by atoms with van der Waals surface area (Å²) in [7, 11) is 0. The molecule has 4 heteroatoms. The van der Waals surface area contributed by atoms with Crippen molar-refractivity contribution in [3.8, 4) is 0 Å². The van der Waals surface area contributed by atoms with Crippen LogP contribution in [0.4, 0.5) is 0 Å². The molecule has 0 saturated heterocycles. The van der Waals surface area contributed by atoms with E-state index in [-0.39, 0.29) is 6.04 Å². The predicted octanol–water partition coefficient (Wildman–Crippen LogP) is -0.175. The van der Waals surface area contributed by atoms with Crippen LogP contribution in [0.2, 0.25) is 0 Å². The average Bonchev–Trinajstić information content (AvgIpc) is 2.07. The van der Waals surface area contributed by atoms with Gasteiger partial charge in [0.15, 0.2) is 0 Å². The maximum Gasteiger partial charge on any atom is 0.115 e. The van der Waals surface area contributed by atoms with Crippen molar-refractivity contribution >= 4 is 0 Å². The molecule has 0 bridgehead atoms. The van der Waals surface area contributed by atoms with E-state index >= 15 is 0 Å². The quantitative estimate of drug-likeness (QED) is 0.630. The molecule has 0 radical (unpaired) electrons. The Balaban J connectivity index is 2.61. The topological polar surface area (TPSA) is 77.8 Å². The van der Waals surface area contributed by atoms with Crippen LogP contribution in [0.3, 0.4) is 0 Å². The van der Waals surface area contributed by atoms with Gasteiger partial charge in [0, 0.05) is 12.2 Å². The first-order valence-corrected chi connectivity index (χ1v) is 3.56. The molecule has 60 valence electrons. The van der Waals surface area contributed by atoms with E-state index in [1.165, 1.54) is 6.33 Å². The number of rotatable bonds is 3. The number of hydrogen-bond acceptors (Lipinski definition) is 4. The summed E-state index contributed by atoms with van der Waals surface area (Å²) in [5.41, 5.74) is 11.9. The van der Waals surface area contributed by atoms with E-state index in [9.17, 15) is 0 Å². The molecular formula is C7H12N4. The van der Waals surface area contributed by atoms with Gasteiger partial charge in [0.25, 0.3) is 0 Å². The van der Waals surface area contributed by atoms with Crippen LogP contribution in [-0.4, -0.2) is 16.5 Å². The molecule has 1 unspecified atom stereocenters. The van der Waals surface area contributed by atoms with Crippen molar-refractivity contribution in [2.45, 2.75) is 12.5 Å². The first-order valence-electron chi connectivity index (χ1n) is 3.56. The predicted molar refractivity (Wildman–Crippen MR) is 42.6 cm³/mol. The van der Waals surface area contributed by atoms with E-state index in [1.807, 2.05) is 0 Å². The molecule has 1 aromatic heterocycles. The Labute approximate surface area is 65.6 Å². The number of hydrogen-bond donors (Lipinski definition) is 2. The third-order valence-corrected chi connectivity index (χ3v) is 1.46. The van der Waals surface area contributed by atoms with Gasteiger partial charge in [-0.25, -0.2) is 9.97 Å². The molecule has 0 aliphatic rings. The normalized spacial score (nSPS) is 12.9. The van der Waals surface area contributed by atoms with E-state index in [4.69, 9.17) is 11.5 Å². The molecule has 0 amide bonds. The summed E-state index contributed by atoms with van der Waals surface area (Å²) >= 11 is 0. The Morgan fingerprint density at radius 2 is 2.36 bits per heavy atom. The van der Waals surface area contributed by atoms with Crippen molar-refractivity contribution in [1.82, 2.24) is 9.97 Å². The standard InChI is InChI=1S/C7H12N4/c8-3-1-6(9)7-2-4-10-5-11-7/h2,4-6H,1,3,8-9H2. The largest absolute Gasteiger partial charge is 0.330 e. The molecule has 4 N–H and O–H groups in total. The van der Waals surface area contributed by atoms with Crippen molar-refractivity contribution < 1.29 is 0 Å². The van der Waals surface area contributed by atoms with Crippen LogP contribution in [0, 0.1) is 0 Å². The van der Waals surface area contributed by atoms with Gasteiger partial charge in [-0.15, -0.1) is 0 Å². The van der Waals surface area contributed by atoms with Gasteiger partial charge in [-0.2, -0.15) is 0 Å². The van der Waals surface area contributed by atoms with Gasteiger partial charge in [-0.3, -0.25) is 0 Å². The number of nitrogens with zero attached hydrogens (tertiary/aromatic N) is 2. The summed E-state index contributed by atoms with van der Waals surface area (Å²) < 4.78 is 0. The van der Waals surface area contributed by atoms with Crippen LogP contribution in [0.15, 0.2) is 18.6 Å². The lowest BCUT2D eigenvalue weighted by atomic mass is 10.1. The molecular weight excluding hydrogens is 140 g/mol. The van der Waals surface area contributed by atoms with Gasteiger partial charge < -0.3 is 11.5 Å². The molecule has 0 fully saturated rings. The zero-order chi connectivity index (χ0) is 8.10. The van der Waals surface area contributed by atoms with E-state index in [2.05, 4.69) is 9.97 Å². The fourth-order valence-corrected chi connectivity index (χ4v) is 0.848. The third kappa shape index (κ3) is 2.25. The lowest BCUT2D eigenvalue weighted by Crippen LogP contribution is -2.16. The van der Waals surface area contributed by atoms with Gasteiger partial charge in [0.2, 0.25) is 0 Å². The van der Waals surface area contributed by atoms with Crippen molar-refractivity contribution in [1.29, 1.82) is 0 Å². The summed E-state index contributed by atoms with van der Waals surface area (Å²) in [6, 6.07) is 1.75. The molecule has 0 aliphatic heterocycles. The SMILES string of the molecule is NCCC(N)c1ccncn1. The number of nitrogens with two attached hydrogens (primary N) is 2. The molecule has 1 atom stereocenters. The molecule has 1 aromatic rings. The van der Waals surface area contributed by atoms with Crippen LogP contribution in [0.1, 0.15) is 18.2 Å². The highest BCUT2D eigenvalue weighted by Gasteiger charge is 2.03. The number of aromatic nitrogens is 2. The molecule has 1 heterocycles. The summed E-state index contributed by atoms with van der Waals surface area (Å²) in [5, 5.41) is 0. The van der Waals surface area contributed by atoms with E-state index in [0.29, 0.717) is 6.54 Å². The van der Waals surface area contributed by atoms with Crippen LogP contribution in [-0.2, 0) is 0 Å². The first kappa shape index (κ1) is 8.10. The lowest BCUT2D eigenvalue weighted by molar-refractivity contribution is 0.640. The molecule has 11 heavy (non-hydrogen) atoms. The zero-order valence-electron chi connectivity index (χ0n) is 6.27. The summed E-state index contributed by atoms with van der Waals surface area (Å²) in [6.07, 6.45) is 3.93.